The lowest BCUT2D eigenvalue weighted by Crippen LogP contribution is -2.00. The molecule has 0 heterocycles. The van der Waals surface area contributed by atoms with Crippen molar-refractivity contribution in [1.82, 2.24) is 0 Å². The molecule has 3 aromatic rings. The molecule has 3 aromatic carbocycles. The Morgan fingerprint density at radius 2 is 1.70 bits per heavy atom. The van der Waals surface area contributed by atoms with Crippen molar-refractivity contribution in [2.45, 2.75) is 13.3 Å². The van der Waals surface area contributed by atoms with E-state index >= 15 is 0 Å². The van der Waals surface area contributed by atoms with Gasteiger partial charge in [-0.3, -0.25) is 0 Å². The molecule has 0 spiro atoms. The van der Waals surface area contributed by atoms with E-state index in [0.717, 1.165) is 41.0 Å². The second-order valence-corrected chi connectivity index (χ2v) is 6.63. The van der Waals surface area contributed by atoms with Gasteiger partial charge in [0, 0.05) is 5.56 Å². The van der Waals surface area contributed by atoms with Gasteiger partial charge in [-0.15, -0.1) is 0 Å². The molecule has 0 N–H and O–H groups in total. The van der Waals surface area contributed by atoms with E-state index in [4.69, 9.17) is 9.47 Å². The van der Waals surface area contributed by atoms with E-state index in [1.54, 1.807) is 12.1 Å². The van der Waals surface area contributed by atoms with Gasteiger partial charge in [0.15, 0.2) is 0 Å². The average Bonchev–Trinajstić information content (AvgIpc) is 2.81. The summed E-state index contributed by atoms with van der Waals surface area (Å²) >= 11 is 0. The SMILES string of the molecule is CCCOc1ccc(-c2ccccc2C=CC#Cc2ccc(C(=O)OC)cc2)cc1. The fourth-order valence-corrected chi connectivity index (χ4v) is 2.92. The maximum absolute atomic E-state index is 11.5. The van der Waals surface area contributed by atoms with E-state index in [2.05, 4.69) is 43.0 Å². The van der Waals surface area contributed by atoms with Crippen LogP contribution in [-0.2, 0) is 4.74 Å². The van der Waals surface area contributed by atoms with E-state index < -0.39 is 0 Å². The first-order valence-electron chi connectivity index (χ1n) is 9.90. The highest BCUT2D eigenvalue weighted by Gasteiger charge is 2.04. The van der Waals surface area contributed by atoms with Crippen molar-refractivity contribution in [3.63, 3.8) is 0 Å². The maximum Gasteiger partial charge on any atom is 0.337 e. The zero-order chi connectivity index (χ0) is 21.2. The fourth-order valence-electron chi connectivity index (χ4n) is 2.92. The quantitative estimate of drug-likeness (QED) is 0.379. The van der Waals surface area contributed by atoms with Crippen LogP contribution in [0.2, 0.25) is 0 Å². The molecule has 3 nitrogen and oxygen atoms in total. The molecule has 0 radical (unpaired) electrons. The molecule has 0 saturated heterocycles. The smallest absolute Gasteiger partial charge is 0.337 e. The number of hydrogen-bond acceptors (Lipinski definition) is 3. The molecule has 0 bridgehead atoms. The summed E-state index contributed by atoms with van der Waals surface area (Å²) in [5.74, 6) is 6.67. The summed E-state index contributed by atoms with van der Waals surface area (Å²) in [6.45, 7) is 2.82. The average molecular weight is 396 g/mol. The standard InChI is InChI=1S/C27H24O3/c1-3-20-30-25-18-16-23(17-19-25)26-11-7-6-10-22(26)9-5-4-8-21-12-14-24(15-13-21)27(28)29-2/h5-7,9-19H,3,20H2,1-2H3. The Balaban J connectivity index is 1.73. The molecule has 0 aliphatic carbocycles. The first-order chi connectivity index (χ1) is 14.7. The van der Waals surface area contributed by atoms with E-state index in [1.165, 1.54) is 7.11 Å². The van der Waals surface area contributed by atoms with Crippen LogP contribution in [0.5, 0.6) is 5.75 Å². The molecule has 0 atom stereocenters. The molecule has 3 heteroatoms. The van der Waals surface area contributed by atoms with Gasteiger partial charge in [-0.05, 0) is 71.7 Å². The highest BCUT2D eigenvalue weighted by molar-refractivity contribution is 5.89. The van der Waals surface area contributed by atoms with E-state index in [9.17, 15) is 4.79 Å². The molecular formula is C27H24O3. The second kappa shape index (κ2) is 10.7. The van der Waals surface area contributed by atoms with Gasteiger partial charge in [-0.2, -0.15) is 0 Å². The van der Waals surface area contributed by atoms with Gasteiger partial charge in [0.25, 0.3) is 0 Å². The normalized spacial score (nSPS) is 10.3. The lowest BCUT2D eigenvalue weighted by atomic mass is 9.99. The maximum atomic E-state index is 11.5. The summed E-state index contributed by atoms with van der Waals surface area (Å²) in [5.41, 5.74) is 4.71. The highest BCUT2D eigenvalue weighted by Crippen LogP contribution is 2.26. The largest absolute Gasteiger partial charge is 0.494 e. The van der Waals surface area contributed by atoms with E-state index in [1.807, 2.05) is 48.6 Å². The summed E-state index contributed by atoms with van der Waals surface area (Å²) in [6.07, 6.45) is 4.84. The van der Waals surface area contributed by atoms with Crippen LogP contribution in [0.15, 0.2) is 78.9 Å². The minimum atomic E-state index is -0.351. The third-order valence-corrected chi connectivity index (χ3v) is 4.47. The van der Waals surface area contributed by atoms with Crippen molar-refractivity contribution < 1.29 is 14.3 Å². The Morgan fingerprint density at radius 1 is 0.967 bits per heavy atom. The molecule has 0 aromatic heterocycles. The number of esters is 1. The number of benzene rings is 3. The molecule has 0 saturated carbocycles. The molecule has 0 unspecified atom stereocenters. The predicted octanol–water partition coefficient (Wildman–Crippen LogP) is 5.99. The minimum Gasteiger partial charge on any atom is -0.494 e. The van der Waals surface area contributed by atoms with Gasteiger partial charge < -0.3 is 9.47 Å². The van der Waals surface area contributed by atoms with Crippen LogP contribution in [0.4, 0.5) is 0 Å². The number of methoxy groups -OCH3 is 1. The summed E-state index contributed by atoms with van der Waals surface area (Å²) in [7, 11) is 1.37. The number of hydrogen-bond donors (Lipinski definition) is 0. The zero-order valence-corrected chi connectivity index (χ0v) is 17.2. The summed E-state index contributed by atoms with van der Waals surface area (Å²) in [6, 6.07) is 23.4. The van der Waals surface area contributed by atoms with Crippen LogP contribution in [-0.4, -0.2) is 19.7 Å². The molecule has 0 fully saturated rings. The Kier molecular flexibility index (Phi) is 7.46. The van der Waals surface area contributed by atoms with Gasteiger partial charge in [0.1, 0.15) is 5.75 Å². The van der Waals surface area contributed by atoms with Crippen molar-refractivity contribution in [3.05, 3.63) is 95.6 Å². The van der Waals surface area contributed by atoms with Gasteiger partial charge >= 0.3 is 5.97 Å². The van der Waals surface area contributed by atoms with Crippen molar-refractivity contribution >= 4 is 12.0 Å². The zero-order valence-electron chi connectivity index (χ0n) is 17.2. The monoisotopic (exact) mass is 396 g/mol. The molecule has 0 aliphatic rings. The molecule has 0 amide bonds. The second-order valence-electron chi connectivity index (χ2n) is 6.63. The van der Waals surface area contributed by atoms with Crippen LogP contribution in [0, 0.1) is 11.8 Å². The molecular weight excluding hydrogens is 372 g/mol. The molecule has 150 valence electrons. The van der Waals surface area contributed by atoms with Crippen molar-refractivity contribution in [3.8, 4) is 28.7 Å². The number of rotatable bonds is 6. The fraction of sp³-hybridized carbons (Fsp3) is 0.148. The van der Waals surface area contributed by atoms with E-state index in [-0.39, 0.29) is 5.97 Å². The van der Waals surface area contributed by atoms with Crippen LogP contribution in [0.1, 0.15) is 34.8 Å². The van der Waals surface area contributed by atoms with Crippen molar-refractivity contribution in [2.24, 2.45) is 0 Å². The Labute approximate surface area is 178 Å². The summed E-state index contributed by atoms with van der Waals surface area (Å²) in [4.78, 5) is 11.5. The summed E-state index contributed by atoms with van der Waals surface area (Å²) < 4.78 is 10.4. The van der Waals surface area contributed by atoms with Crippen LogP contribution in [0.3, 0.4) is 0 Å². The van der Waals surface area contributed by atoms with Crippen molar-refractivity contribution in [2.75, 3.05) is 13.7 Å². The van der Waals surface area contributed by atoms with Crippen LogP contribution in [0.25, 0.3) is 17.2 Å². The number of allylic oxidation sites excluding steroid dienone is 1. The van der Waals surface area contributed by atoms with Crippen LogP contribution >= 0.6 is 0 Å². The Morgan fingerprint density at radius 3 is 2.40 bits per heavy atom. The molecule has 30 heavy (non-hydrogen) atoms. The first kappa shape index (κ1) is 21.0. The Hall–Kier alpha value is -3.77. The lowest BCUT2D eigenvalue weighted by molar-refractivity contribution is 0.0600. The number of ether oxygens (including phenoxy) is 2. The topological polar surface area (TPSA) is 35.5 Å². The van der Waals surface area contributed by atoms with Gasteiger partial charge in [-0.1, -0.05) is 55.2 Å². The predicted molar refractivity (Wildman–Crippen MR) is 121 cm³/mol. The van der Waals surface area contributed by atoms with Crippen molar-refractivity contribution in [1.29, 1.82) is 0 Å². The number of carbonyl (C=O) groups excluding carboxylic acids is 1. The third kappa shape index (κ3) is 5.62. The van der Waals surface area contributed by atoms with Gasteiger partial charge in [0.05, 0.1) is 19.3 Å². The van der Waals surface area contributed by atoms with E-state index in [0.29, 0.717) is 5.56 Å². The Bertz CT molecular complexity index is 1070. The highest BCUT2D eigenvalue weighted by atomic mass is 16.5. The number of carbonyl (C=O) groups is 1. The third-order valence-electron chi connectivity index (χ3n) is 4.47. The molecule has 0 aliphatic heterocycles. The first-order valence-corrected chi connectivity index (χ1v) is 9.90. The van der Waals surface area contributed by atoms with Gasteiger partial charge in [-0.25, -0.2) is 4.79 Å². The summed E-state index contributed by atoms with van der Waals surface area (Å²) in [5, 5.41) is 0. The lowest BCUT2D eigenvalue weighted by Gasteiger charge is -2.08. The molecule has 3 rings (SSSR count). The van der Waals surface area contributed by atoms with Gasteiger partial charge in [0.2, 0.25) is 0 Å². The van der Waals surface area contributed by atoms with Crippen LogP contribution < -0.4 is 4.74 Å². The minimum absolute atomic E-state index is 0.351.